The second-order valence-electron chi connectivity index (χ2n) is 18.1. The van der Waals surface area contributed by atoms with Crippen LogP contribution in [0.3, 0.4) is 0 Å². The van der Waals surface area contributed by atoms with Crippen LogP contribution in [-0.2, 0) is 27.3 Å². The molecule has 0 spiro atoms. The van der Waals surface area contributed by atoms with E-state index in [1.54, 1.807) is 26.2 Å². The van der Waals surface area contributed by atoms with Crippen molar-refractivity contribution in [2.45, 2.75) is 58.8 Å². The average molecular weight is 2530 g/mol. The summed E-state index contributed by atoms with van der Waals surface area (Å²) >= 11 is 15.1. The monoisotopic (exact) mass is 2530 g/mol. The quantitative estimate of drug-likeness (QED) is 0.00758. The topological polar surface area (TPSA) is 196 Å². The van der Waals surface area contributed by atoms with Crippen molar-refractivity contribution in [1.29, 1.82) is 0 Å². The second-order valence-corrected chi connectivity index (χ2v) is 48.0. The van der Waals surface area contributed by atoms with E-state index in [0.29, 0.717) is 46.2 Å². The van der Waals surface area contributed by atoms with E-state index in [2.05, 4.69) is 227 Å². The summed E-state index contributed by atoms with van der Waals surface area (Å²) in [5.74, 6) is 2.28. The first kappa shape index (κ1) is 145. The molecule has 7 N–H and O–H groups in total. The number of ether oxygens (including phenoxy) is 1. The van der Waals surface area contributed by atoms with Crippen LogP contribution in [0.25, 0.3) is 0 Å². The molecule has 0 aromatic rings. The molecule has 12 radical (unpaired) electrons. The zero-order valence-electron chi connectivity index (χ0n) is 59.1. The van der Waals surface area contributed by atoms with E-state index in [1.807, 2.05) is 18.6 Å². The van der Waals surface area contributed by atoms with E-state index in [0.717, 1.165) is 80.8 Å². The van der Waals surface area contributed by atoms with Gasteiger partial charge in [0, 0.05) is 39.8 Å². The summed E-state index contributed by atoms with van der Waals surface area (Å²) in [7, 11) is -4.03. The van der Waals surface area contributed by atoms with E-state index < -0.39 is 80.3 Å². The Bertz CT molecular complexity index is 2030. The molecule has 109 heavy (non-hydrogen) atoms. The standard InChI is InChI=1S/C7H14BIO2P.C6H12B2F3IO2P.C6H12BIO2P.2C5H9B2F3IOP.C5H9BIOP.C4H7BIP.C2H5O.2CH2BF3O.CH2O.3BF3/c1-11-5-3-7(2-4-10)6-12(8)9;9-8(10,11)14-4-2-6(1-3-13)5-15-7-12;8-7-11-5-6(1-3-9)2-4-10;2*1-5(4-13(6)11)2-3-12-7(8,9)10;1-5(2-3-8)4-9(6)7;1-4(2)3-7(5)6;1-3-2;2*1-6-2(3,4)5;1-2;3*2-1(3)4/h10H,2-6H2,1H3;1,13-15H,2-5H2;1,9-11H,2-5H2;2-4H2,1H3;12H,1-4H2;8H,1-4H2;1,3H2,2H3;1H2,2H3;2*1H2;1H2;;;/q+1;;;;;;;+1;;;;;;/b;2*6-1-;;;;;;;;;;;. The van der Waals surface area contributed by atoms with Crippen LogP contribution in [-0.4, -0.2) is 285 Å². The molecule has 7 atom stereocenters. The highest BCUT2D eigenvalue weighted by Crippen LogP contribution is 2.44. The van der Waals surface area contributed by atoms with Crippen LogP contribution in [0.15, 0.2) is 59.8 Å². The van der Waals surface area contributed by atoms with E-state index in [-0.39, 0.29) is 71.1 Å². The van der Waals surface area contributed by atoms with Gasteiger partial charge in [0.2, 0.25) is 23.3 Å². The SMILES string of the molecule is C=O.C=[O+]C.C=[O+][B-](F)(F)F.C=[O+][B-](F)(F)F.FB(F)F.FB(F)F.FB(F)F.OC/C=C(/CCO)CP[B]I.OC/C=C(/CC[OH+][B-](F)(F)F)CP[B]I.[B]P(I)CC(=C)C.[B]P(I)CC(=C)CCO.[B]P(I)CC(=C)CC[OH+][B-](F)(F)F.[B]P(I)C[C+](C)CCO[B-](F)(F)F.[B]P(I)C[C+](CCO)CCOC. The Morgan fingerprint density at radius 1 is 0.541 bits per heavy atom. The number of aliphatic hydroxyl groups excluding tert-OH is 5. The fourth-order valence-electron chi connectivity index (χ4n) is 4.60. The second kappa shape index (κ2) is 105. The number of hydrogen-bond acceptors (Lipinski definition) is 8. The largest absolute Gasteiger partial charge is 0.970 e. The van der Waals surface area contributed by atoms with Crippen LogP contribution in [0.5, 0.6) is 0 Å². The van der Waals surface area contributed by atoms with Crippen molar-refractivity contribution in [2.24, 2.45) is 0 Å². The van der Waals surface area contributed by atoms with Crippen LogP contribution in [0.1, 0.15) is 58.8 Å². The molecule has 13 nitrogen and oxygen atoms in total. The maximum Gasteiger partial charge on any atom is 0.970 e. The number of halogens is 31. The minimum absolute atomic E-state index is 0.0844. The first-order valence-electron chi connectivity index (χ1n) is 28.6. The lowest BCUT2D eigenvalue weighted by atomic mass is 10.1. The molecule has 0 heterocycles. The van der Waals surface area contributed by atoms with Crippen molar-refractivity contribution in [2.75, 3.05) is 117 Å². The summed E-state index contributed by atoms with van der Waals surface area (Å²) in [6.07, 6.45) is 13.1. The highest BCUT2D eigenvalue weighted by atomic mass is 127. The van der Waals surface area contributed by atoms with E-state index in [1.165, 1.54) is 18.6 Å². The number of allylic oxidation sites excluding steroid dienone is 1. The van der Waals surface area contributed by atoms with E-state index >= 15 is 0 Å². The van der Waals surface area contributed by atoms with Crippen LogP contribution in [0.4, 0.5) is 104 Å². The highest BCUT2D eigenvalue weighted by molar-refractivity contribution is 14.2. The van der Waals surface area contributed by atoms with Gasteiger partial charge in [-0.2, -0.15) is 44.7 Å². The Morgan fingerprint density at radius 3 is 1.08 bits per heavy atom. The van der Waals surface area contributed by atoms with Crippen LogP contribution in [0.2, 0.25) is 0 Å². The summed E-state index contributed by atoms with van der Waals surface area (Å²) in [4.78, 5) is 12.0. The minimum Gasteiger partial charge on any atom is -0.593 e. The summed E-state index contributed by atoms with van der Waals surface area (Å²) in [5.41, 5.74) is 2.70. The molecule has 0 bridgehead atoms. The van der Waals surface area contributed by atoms with Crippen molar-refractivity contribution < 1.29 is 166 Å². The third-order valence-electron chi connectivity index (χ3n) is 8.35. The molecular weight excluding hydrogens is 2450 g/mol. The van der Waals surface area contributed by atoms with Crippen molar-refractivity contribution in [3.8, 4) is 0 Å². The summed E-state index contributed by atoms with van der Waals surface area (Å²) in [5, 5.41) is 43.1. The Hall–Kier alpha value is 4.17. The highest BCUT2D eigenvalue weighted by Gasteiger charge is 2.44. The molecule has 66 heteroatoms. The van der Waals surface area contributed by atoms with Gasteiger partial charge in [-0.15, -0.1) is 16.9 Å². The molecule has 7 unspecified atom stereocenters. The molecule has 0 aliphatic carbocycles. The van der Waals surface area contributed by atoms with Gasteiger partial charge in [0.25, 0.3) is 13.9 Å². The maximum absolute atomic E-state index is 11.8. The van der Waals surface area contributed by atoms with Gasteiger partial charge in [0.1, 0.15) is 89.4 Å². The maximum atomic E-state index is 11.8. The molecular formula is C43H83B15F24I7O13P7+2. The Balaban J connectivity index is -0.0000000763. The van der Waals surface area contributed by atoms with Gasteiger partial charge in [-0.3, -0.25) is 43.3 Å². The number of carbonyl (C=O) groups is 1. The molecule has 0 aromatic heterocycles. The molecule has 0 saturated carbocycles. The predicted molar refractivity (Wildman–Crippen MR) is 492 cm³/mol. The molecule has 0 aliphatic rings. The van der Waals surface area contributed by atoms with E-state index in [9.17, 15) is 104 Å². The number of aliphatic hydroxyl groups is 7. The van der Waals surface area contributed by atoms with Gasteiger partial charge in [0.15, 0.2) is 0 Å². The fraction of sp³-hybridized carbons (Fsp3) is 0.628. The number of rotatable bonds is 41. The predicted octanol–water partition coefficient (Wildman–Crippen LogP) is 18.8. The van der Waals surface area contributed by atoms with Gasteiger partial charge in [0.05, 0.1) is 45.2 Å². The molecule has 0 rings (SSSR count). The lowest BCUT2D eigenvalue weighted by molar-refractivity contribution is -0.409. The molecule has 0 fully saturated rings. The summed E-state index contributed by atoms with van der Waals surface area (Å²) < 4.78 is 279. The summed E-state index contributed by atoms with van der Waals surface area (Å²) in [6, 6.07) is 0. The normalized spacial score (nSPS) is 12.1. The third-order valence-corrected chi connectivity index (χ3v) is 21.7. The Labute approximate surface area is 737 Å². The van der Waals surface area contributed by atoms with Crippen molar-refractivity contribution in [3.63, 3.8) is 0 Å². The number of methoxy groups -OCH3 is 1. The lowest BCUT2D eigenvalue weighted by Gasteiger charge is -2.15. The lowest BCUT2D eigenvalue weighted by Crippen LogP contribution is -2.26. The van der Waals surface area contributed by atoms with E-state index in [4.69, 9.17) is 72.9 Å². The van der Waals surface area contributed by atoms with Crippen molar-refractivity contribution >= 4 is 332 Å². The minimum atomic E-state index is -5.10. The van der Waals surface area contributed by atoms with Crippen LogP contribution >= 0.6 is 199 Å². The number of hydrogen-bond donors (Lipinski definition) is 5. The fourth-order valence-corrected chi connectivity index (χ4v) is 18.2. The molecule has 0 aromatic carbocycles. The molecule has 0 aliphatic heterocycles. The van der Waals surface area contributed by atoms with Crippen LogP contribution in [0, 0.1) is 11.8 Å². The third kappa shape index (κ3) is 223. The average Bonchev–Trinajstić information content (AvgIpc) is 0.994. The van der Waals surface area contributed by atoms with Gasteiger partial charge in [-0.05, 0) is 61.5 Å². The Kier molecular flexibility index (Phi) is 139. The molecule has 628 valence electrons. The van der Waals surface area contributed by atoms with Gasteiger partial charge < -0.3 is 122 Å². The van der Waals surface area contributed by atoms with Crippen LogP contribution < -0.4 is 0 Å². The van der Waals surface area contributed by atoms with Crippen molar-refractivity contribution in [1.82, 2.24) is 0 Å². The molecule has 0 amide bonds. The zero-order valence-corrected chi connectivity index (χ0v) is 80.6. The first-order valence-corrected chi connectivity index (χ1v) is 55.5. The zero-order chi connectivity index (χ0) is 89.6. The summed E-state index contributed by atoms with van der Waals surface area (Å²) in [6.45, 7) is 24.8. The number of carbonyl (C=O) groups excluding carboxylic acids is 4. The van der Waals surface area contributed by atoms with Crippen molar-refractivity contribution in [3.05, 3.63) is 71.6 Å². The van der Waals surface area contributed by atoms with Gasteiger partial charge in [-0.1, -0.05) is 186 Å². The molecule has 0 saturated heterocycles. The smallest absolute Gasteiger partial charge is 0.593 e. The Morgan fingerprint density at radius 2 is 0.853 bits per heavy atom. The van der Waals surface area contributed by atoms with Gasteiger partial charge >= 0.3 is 58.5 Å². The van der Waals surface area contributed by atoms with Gasteiger partial charge in [-0.25, -0.2) is 0 Å². The first-order chi connectivity index (χ1) is 49.7.